The van der Waals surface area contributed by atoms with E-state index < -0.39 is 0 Å². The zero-order valence-corrected chi connectivity index (χ0v) is 28.6. The first-order valence-corrected chi connectivity index (χ1v) is 16.0. The highest BCUT2D eigenvalue weighted by Gasteiger charge is 2.51. The van der Waals surface area contributed by atoms with Crippen molar-refractivity contribution >= 4 is 17.4 Å². The fourth-order valence-electron chi connectivity index (χ4n) is 4.72. The molecule has 2 aromatic heterocycles. The van der Waals surface area contributed by atoms with Gasteiger partial charge in [0.25, 0.3) is 0 Å². The summed E-state index contributed by atoms with van der Waals surface area (Å²) < 4.78 is 5.45. The number of nitrogens with one attached hydrogen (secondary N) is 2. The maximum atomic E-state index is 10.2. The van der Waals surface area contributed by atoms with Crippen molar-refractivity contribution in [2.24, 2.45) is 11.3 Å². The molecule has 238 valence electrons. The molecule has 2 aliphatic rings. The molecule has 0 saturated heterocycles. The van der Waals surface area contributed by atoms with Crippen molar-refractivity contribution < 1.29 is 9.21 Å². The smallest absolute Gasteiger partial charge is 0.207 e. The number of hydrogen-bond donors (Lipinski definition) is 2. The van der Waals surface area contributed by atoms with Gasteiger partial charge in [-0.05, 0) is 69.3 Å². The molecule has 2 N–H and O–H groups in total. The zero-order chi connectivity index (χ0) is 32.4. The lowest BCUT2D eigenvalue weighted by Gasteiger charge is -2.22. The Morgan fingerprint density at radius 2 is 1.86 bits per heavy atom. The quantitative estimate of drug-likeness (QED) is 0.216. The van der Waals surface area contributed by atoms with Gasteiger partial charge in [0.15, 0.2) is 5.58 Å². The minimum Gasteiger partial charge on any atom is -0.459 e. The van der Waals surface area contributed by atoms with Crippen LogP contribution in [0.25, 0.3) is 11.0 Å². The summed E-state index contributed by atoms with van der Waals surface area (Å²) in [5.41, 5.74) is 3.45. The minimum atomic E-state index is 0.535. The van der Waals surface area contributed by atoms with Crippen LogP contribution < -0.4 is 10.6 Å². The van der Waals surface area contributed by atoms with Crippen molar-refractivity contribution in [1.29, 1.82) is 0 Å². The Bertz CT molecular complexity index is 1010. The van der Waals surface area contributed by atoms with E-state index >= 15 is 0 Å². The fourth-order valence-corrected chi connectivity index (χ4v) is 4.72. The summed E-state index contributed by atoms with van der Waals surface area (Å²) in [5.74, 6) is 1.86. The van der Waals surface area contributed by atoms with Gasteiger partial charge in [-0.2, -0.15) is 0 Å². The highest BCUT2D eigenvalue weighted by atomic mass is 16.3. The topological polar surface area (TPSA) is 70.4 Å². The molecular formula is C36H62N4O2. The molecule has 42 heavy (non-hydrogen) atoms. The number of pyridine rings is 1. The Morgan fingerprint density at radius 3 is 2.40 bits per heavy atom. The van der Waals surface area contributed by atoms with Crippen LogP contribution in [0.1, 0.15) is 93.8 Å². The number of aromatic nitrogens is 1. The largest absolute Gasteiger partial charge is 0.459 e. The number of furan rings is 1. The van der Waals surface area contributed by atoms with Crippen molar-refractivity contribution in [3.05, 3.63) is 79.1 Å². The Labute approximate surface area is 258 Å². The Hall–Kier alpha value is -3.12. The molecule has 1 saturated carbocycles. The average molecular weight is 583 g/mol. The molecule has 0 aromatic carbocycles. The van der Waals surface area contributed by atoms with E-state index in [1.165, 1.54) is 19.3 Å². The first-order chi connectivity index (χ1) is 20.4. The molecule has 4 rings (SSSR count). The summed E-state index contributed by atoms with van der Waals surface area (Å²) in [6.45, 7) is 28.9. The van der Waals surface area contributed by atoms with Crippen LogP contribution in [0.5, 0.6) is 0 Å². The highest BCUT2D eigenvalue weighted by molar-refractivity contribution is 5.76. The first-order valence-electron chi connectivity index (χ1n) is 16.0. The van der Waals surface area contributed by atoms with Crippen molar-refractivity contribution in [3.63, 3.8) is 0 Å². The maximum absolute atomic E-state index is 10.2. The maximum Gasteiger partial charge on any atom is 0.207 e. The third-order valence-electron chi connectivity index (χ3n) is 6.76. The lowest BCUT2D eigenvalue weighted by Crippen LogP contribution is -2.21. The van der Waals surface area contributed by atoms with Crippen molar-refractivity contribution in [1.82, 2.24) is 20.5 Å². The van der Waals surface area contributed by atoms with E-state index in [2.05, 4.69) is 59.7 Å². The molecule has 6 heteroatoms. The molecule has 6 nitrogen and oxygen atoms in total. The molecule has 2 aromatic rings. The van der Waals surface area contributed by atoms with Gasteiger partial charge in [0.05, 0.1) is 6.20 Å². The number of fused-ring (bicyclic) bond motifs is 1. The molecule has 1 aliphatic carbocycles. The number of hydrogen-bond acceptors (Lipinski definition) is 5. The predicted octanol–water partition coefficient (Wildman–Crippen LogP) is 9.08. The number of aryl methyl sites for hydroxylation is 1. The summed E-state index contributed by atoms with van der Waals surface area (Å²) in [5, 5.41) is 7.14. The van der Waals surface area contributed by atoms with Crippen LogP contribution in [-0.2, 0) is 11.2 Å². The summed E-state index contributed by atoms with van der Waals surface area (Å²) >= 11 is 0. The van der Waals surface area contributed by atoms with Crippen LogP contribution >= 0.6 is 0 Å². The molecule has 0 spiro atoms. The van der Waals surface area contributed by atoms with E-state index in [0.717, 1.165) is 72.9 Å². The third-order valence-corrected chi connectivity index (χ3v) is 6.76. The van der Waals surface area contributed by atoms with Crippen LogP contribution in [0.4, 0.5) is 0 Å². The normalized spacial score (nSPS) is 17.6. The summed E-state index contributed by atoms with van der Waals surface area (Å²) in [4.78, 5) is 16.2. The van der Waals surface area contributed by atoms with Crippen LogP contribution in [0.15, 0.2) is 77.8 Å². The minimum absolute atomic E-state index is 0.535. The average Bonchev–Trinajstić information content (AvgIpc) is 3.59. The lowest BCUT2D eigenvalue weighted by molar-refractivity contribution is -0.109. The number of carbonyl (C=O) groups excluding carboxylic acids is 1. The number of rotatable bonds is 10. The Morgan fingerprint density at radius 1 is 1.17 bits per heavy atom. The molecule has 1 amide bonds. The van der Waals surface area contributed by atoms with Gasteiger partial charge in [-0.15, -0.1) is 0 Å². The van der Waals surface area contributed by atoms with E-state index in [4.69, 9.17) is 4.42 Å². The highest BCUT2D eigenvalue weighted by Crippen LogP contribution is 2.57. The Balaban J connectivity index is 0. The second kappa shape index (κ2) is 25.6. The first kappa shape index (κ1) is 41.0. The van der Waals surface area contributed by atoms with Crippen molar-refractivity contribution in [2.45, 2.75) is 94.4 Å². The van der Waals surface area contributed by atoms with Gasteiger partial charge in [0.2, 0.25) is 6.41 Å². The van der Waals surface area contributed by atoms with Crippen molar-refractivity contribution in [2.75, 3.05) is 26.7 Å². The van der Waals surface area contributed by atoms with Crippen LogP contribution in [0, 0.1) is 11.3 Å². The molecule has 1 fully saturated rings. The molecular weight excluding hydrogens is 520 g/mol. The van der Waals surface area contributed by atoms with E-state index in [0.29, 0.717) is 5.41 Å². The second-order valence-electron chi connectivity index (χ2n) is 9.50. The van der Waals surface area contributed by atoms with Crippen LogP contribution in [0.3, 0.4) is 0 Å². The number of nitrogens with zero attached hydrogens (tertiary/aromatic N) is 2. The lowest BCUT2D eigenvalue weighted by atomic mass is 9.93. The van der Waals surface area contributed by atoms with E-state index in [-0.39, 0.29) is 0 Å². The fraction of sp³-hybridized carbons (Fsp3) is 0.556. The van der Waals surface area contributed by atoms with Gasteiger partial charge in [-0.25, -0.2) is 0 Å². The standard InChI is InChI=1S/C11H22N2O.C10H13N.C9H9NO.3C2H6/c1-3-4-11(5-6-13-9-14)7-10(11)8-12-2;1-9(2)11-8-6-4-5-7-10(11)3;1-2-8-5-7-3-4-10-6-9(7)11-8;3*1-2/h9-10,12H,3-8H2,1-2H3,(H,13,14);4-7H,1,3,8H2,2H3;3-6H,2H2,1H3;3*1-2H3. The SMILES string of the molecule is C=C(C)N1CC=CC=CC1=C.CC.CC.CC.CCCC1(CCNC=O)CC1CNC.CCc1cc2ccncc2o1. The van der Waals surface area contributed by atoms with Gasteiger partial charge in [0.1, 0.15) is 5.76 Å². The predicted molar refractivity (Wildman–Crippen MR) is 184 cm³/mol. The second-order valence-corrected chi connectivity index (χ2v) is 9.50. The van der Waals surface area contributed by atoms with Gasteiger partial charge < -0.3 is 20.0 Å². The van der Waals surface area contributed by atoms with Crippen molar-refractivity contribution in [3.8, 4) is 0 Å². The number of carbonyl (C=O) groups is 1. The Kier molecular flexibility index (Phi) is 25.0. The van der Waals surface area contributed by atoms with Gasteiger partial charge in [-0.1, -0.05) is 93.2 Å². The third kappa shape index (κ3) is 15.2. The zero-order valence-electron chi connectivity index (χ0n) is 28.6. The molecule has 1 aliphatic heterocycles. The molecule has 0 bridgehead atoms. The summed E-state index contributed by atoms with van der Waals surface area (Å²) in [7, 11) is 2.01. The number of amides is 1. The van der Waals surface area contributed by atoms with Gasteiger partial charge >= 0.3 is 0 Å². The van der Waals surface area contributed by atoms with Gasteiger partial charge in [0, 0.05) is 42.5 Å². The monoisotopic (exact) mass is 582 g/mol. The molecule has 2 atom stereocenters. The molecule has 0 radical (unpaired) electrons. The van der Waals surface area contributed by atoms with Gasteiger partial charge in [-0.3, -0.25) is 9.78 Å². The van der Waals surface area contributed by atoms with Crippen LogP contribution in [0.2, 0.25) is 0 Å². The number of allylic oxidation sites excluding steroid dienone is 4. The van der Waals surface area contributed by atoms with E-state index in [9.17, 15) is 4.79 Å². The molecule has 3 heterocycles. The van der Waals surface area contributed by atoms with E-state index in [1.54, 1.807) is 12.4 Å². The summed E-state index contributed by atoms with van der Waals surface area (Å²) in [6, 6.07) is 4.01. The molecule has 2 unspecified atom stereocenters. The van der Waals surface area contributed by atoms with Crippen LogP contribution in [-0.4, -0.2) is 43.0 Å². The van der Waals surface area contributed by atoms with E-state index in [1.807, 2.05) is 79.8 Å². The summed E-state index contributed by atoms with van der Waals surface area (Å²) in [6.07, 6.45) is 18.4.